The number of rotatable bonds is 12. The number of fused-ring (bicyclic) bond motifs is 2. The first-order valence-corrected chi connectivity index (χ1v) is 35.6. The number of methoxy groups -OCH3 is 2. The standard InChI is InChI=1S/C27H25N5O5.C16H14ClN3O3.C11H11N2O2.3CH3.Sn/c1-32(2)27(33)22-12-23(34-3)19(14-30-22)24-11-21-26(37-24)18(4-7-29-21)20-10-16(13-28)25(15-31-20)36-17-5-8-35-9-6-17;1-20(2)16(21)12-7-13(22-3)9(8-19-12)14-6-11-15(23-14)10(17)4-5-18-11;12-7-9-1-4-13-8-11(9)15-10-2-5-14-6-3-10;;;;/h4,7,10-12,14-15,17H,5-6,8-9H2,1-3H3;4-8H,1-3H3;1,8,10H,2-3,5-6H2;3*1H3;. The average Bonchev–Trinajstić information content (AvgIpc) is 4.22. The van der Waals surface area contributed by atoms with Crippen molar-refractivity contribution in [2.45, 2.75) is 52.7 Å². The third-order valence-electron chi connectivity index (χ3n) is 12.7. The van der Waals surface area contributed by atoms with Crippen molar-refractivity contribution in [1.29, 1.82) is 10.5 Å². The molecule has 0 atom stereocenters. The Morgan fingerprint density at radius 1 is 0.595 bits per heavy atom. The summed E-state index contributed by atoms with van der Waals surface area (Å²) in [5.74, 6) is 2.56. The van der Waals surface area contributed by atoms with Gasteiger partial charge in [-0.3, -0.25) is 34.5 Å². The quantitative estimate of drug-likeness (QED) is 0.103. The van der Waals surface area contributed by atoms with E-state index in [0.29, 0.717) is 114 Å². The van der Waals surface area contributed by atoms with Crippen LogP contribution >= 0.6 is 11.6 Å². The molecule has 10 heterocycles. The number of aromatic nitrogens is 6. The normalized spacial score (nSPS) is 13.7. The van der Waals surface area contributed by atoms with E-state index >= 15 is 0 Å². The minimum atomic E-state index is -2.22. The Bertz CT molecular complexity index is 3570. The van der Waals surface area contributed by atoms with E-state index in [1.54, 1.807) is 108 Å². The number of pyridine rings is 6. The summed E-state index contributed by atoms with van der Waals surface area (Å²) in [6, 6.07) is 18.2. The minimum absolute atomic E-state index is 0.00300. The summed E-state index contributed by atoms with van der Waals surface area (Å²) in [6.45, 7) is 2.75. The molecule has 408 valence electrons. The van der Waals surface area contributed by atoms with Crippen LogP contribution in [-0.2, 0) is 9.47 Å². The zero-order chi connectivity index (χ0) is 56.4. The SMILES string of the molecule is COc1cc(C(=O)N(C)C)ncc1-c1cc2nccc(-c3cc(C#N)c(OC4CCOCC4)cn3)c2o1.COc1cc(C(=O)N(C)C)ncc1-c1cc2nccc(Cl)c2o1.[CH3][Sn]([CH3])([CH3])[c]1cc(C#N)c(OC2CCOCC2)cn1. The van der Waals surface area contributed by atoms with Crippen molar-refractivity contribution < 1.29 is 46.8 Å². The summed E-state index contributed by atoms with van der Waals surface area (Å²) in [5.41, 5.74) is 6.24. The van der Waals surface area contributed by atoms with Gasteiger partial charge in [0, 0.05) is 95.6 Å². The molecule has 0 radical (unpaired) electrons. The third kappa shape index (κ3) is 13.7. The van der Waals surface area contributed by atoms with Crippen LogP contribution in [-0.4, -0.2) is 151 Å². The first-order chi connectivity index (χ1) is 38.0. The molecule has 2 saturated heterocycles. The van der Waals surface area contributed by atoms with Gasteiger partial charge in [-0.1, -0.05) is 11.6 Å². The summed E-state index contributed by atoms with van der Waals surface area (Å²) in [4.78, 5) is 60.3. The number of carbonyl (C=O) groups is 2. The van der Waals surface area contributed by atoms with E-state index in [0.717, 1.165) is 42.6 Å². The molecule has 0 aliphatic carbocycles. The topological polar surface area (TPSA) is 247 Å². The molecule has 2 fully saturated rings. The molecule has 2 amide bonds. The molecular formula is C57H59ClN10O10Sn. The number of halogens is 1. The molecule has 20 nitrogen and oxygen atoms in total. The van der Waals surface area contributed by atoms with Crippen LogP contribution in [0.2, 0.25) is 19.8 Å². The van der Waals surface area contributed by atoms with Crippen LogP contribution in [0, 0.1) is 22.7 Å². The summed E-state index contributed by atoms with van der Waals surface area (Å²) in [7, 11) is 9.69. The van der Waals surface area contributed by atoms with E-state index in [9.17, 15) is 20.1 Å². The fourth-order valence-corrected chi connectivity index (χ4v) is 11.5. The Kier molecular flexibility index (Phi) is 18.6. The molecule has 0 N–H and O–H groups in total. The number of hydrogen-bond donors (Lipinski definition) is 0. The van der Waals surface area contributed by atoms with Crippen molar-refractivity contribution in [1.82, 2.24) is 39.7 Å². The fraction of sp³-hybridized carbons (Fsp3) is 0.333. The summed E-state index contributed by atoms with van der Waals surface area (Å²) in [6.07, 6.45) is 13.1. The van der Waals surface area contributed by atoms with Crippen molar-refractivity contribution in [2.24, 2.45) is 0 Å². The van der Waals surface area contributed by atoms with E-state index in [1.807, 2.05) is 6.07 Å². The van der Waals surface area contributed by atoms with Gasteiger partial charge in [0.25, 0.3) is 11.8 Å². The van der Waals surface area contributed by atoms with Gasteiger partial charge in [-0.15, -0.1) is 0 Å². The van der Waals surface area contributed by atoms with Gasteiger partial charge in [0.1, 0.15) is 57.6 Å². The summed E-state index contributed by atoms with van der Waals surface area (Å²) < 4.78 is 46.6. The molecule has 0 bridgehead atoms. The van der Waals surface area contributed by atoms with Gasteiger partial charge in [0.05, 0.1) is 61.0 Å². The molecule has 8 aromatic rings. The van der Waals surface area contributed by atoms with Crippen LogP contribution in [0.1, 0.15) is 57.8 Å². The molecule has 2 aliphatic heterocycles. The molecule has 22 heteroatoms. The Hall–Kier alpha value is -7.89. The number of nitrogens with zero attached hydrogens (tertiary/aromatic N) is 10. The predicted octanol–water partition coefficient (Wildman–Crippen LogP) is 9.40. The van der Waals surface area contributed by atoms with E-state index < -0.39 is 18.4 Å². The predicted molar refractivity (Wildman–Crippen MR) is 297 cm³/mol. The summed E-state index contributed by atoms with van der Waals surface area (Å²) >= 11 is 3.88. The van der Waals surface area contributed by atoms with Crippen molar-refractivity contribution in [3.8, 4) is 69.0 Å². The molecule has 10 rings (SSSR count). The average molecular weight is 1200 g/mol. The van der Waals surface area contributed by atoms with Gasteiger partial charge in [0.2, 0.25) is 0 Å². The third-order valence-corrected chi connectivity index (χ3v) is 18.1. The second kappa shape index (κ2) is 25.7. The van der Waals surface area contributed by atoms with Gasteiger partial charge in [0.15, 0.2) is 16.9 Å². The number of hydrogen-bond acceptors (Lipinski definition) is 18. The first-order valence-electron chi connectivity index (χ1n) is 25.2. The Balaban J connectivity index is 0.000000168. The van der Waals surface area contributed by atoms with E-state index in [2.05, 4.69) is 56.9 Å². The van der Waals surface area contributed by atoms with Crippen LogP contribution in [0.25, 0.3) is 56.1 Å². The molecular weight excluding hydrogens is 1140 g/mol. The molecule has 0 spiro atoms. The molecule has 0 saturated carbocycles. The Labute approximate surface area is 466 Å². The first kappa shape index (κ1) is 57.3. The van der Waals surface area contributed by atoms with E-state index in [-0.39, 0.29) is 29.7 Å². The van der Waals surface area contributed by atoms with Gasteiger partial charge in [-0.2, -0.15) is 5.26 Å². The van der Waals surface area contributed by atoms with E-state index in [4.69, 9.17) is 48.9 Å². The fourth-order valence-electron chi connectivity index (χ4n) is 8.34. The molecule has 8 aromatic heterocycles. The Morgan fingerprint density at radius 3 is 1.53 bits per heavy atom. The molecule has 2 aliphatic rings. The van der Waals surface area contributed by atoms with Crippen LogP contribution in [0.4, 0.5) is 0 Å². The van der Waals surface area contributed by atoms with Crippen LogP contribution in [0.15, 0.2) is 94.5 Å². The zero-order valence-corrected chi connectivity index (χ0v) is 48.9. The van der Waals surface area contributed by atoms with Gasteiger partial charge in [-0.25, -0.2) is 0 Å². The number of carbonyl (C=O) groups excluding carboxylic acids is 2. The zero-order valence-electron chi connectivity index (χ0n) is 45.3. The molecule has 0 aromatic carbocycles. The van der Waals surface area contributed by atoms with Crippen molar-refractivity contribution >= 4 is 67.7 Å². The number of ether oxygens (including phenoxy) is 6. The van der Waals surface area contributed by atoms with Crippen molar-refractivity contribution in [2.75, 3.05) is 68.8 Å². The van der Waals surface area contributed by atoms with Crippen molar-refractivity contribution in [3.63, 3.8) is 0 Å². The number of furan rings is 2. The monoisotopic (exact) mass is 1200 g/mol. The van der Waals surface area contributed by atoms with Gasteiger partial charge >= 0.3 is 118 Å². The second-order valence-corrected chi connectivity index (χ2v) is 34.4. The molecule has 0 unspecified atom stereocenters. The van der Waals surface area contributed by atoms with Gasteiger partial charge in [-0.05, 0) is 18.2 Å². The number of nitriles is 2. The van der Waals surface area contributed by atoms with E-state index in [1.165, 1.54) is 24.0 Å². The molecule has 79 heavy (non-hydrogen) atoms. The van der Waals surface area contributed by atoms with Crippen LogP contribution in [0.3, 0.4) is 0 Å². The number of amides is 2. The maximum atomic E-state index is 12.3. The van der Waals surface area contributed by atoms with Crippen molar-refractivity contribution in [3.05, 3.63) is 113 Å². The summed E-state index contributed by atoms with van der Waals surface area (Å²) in [5, 5.41) is 19.5. The van der Waals surface area contributed by atoms with Gasteiger partial charge < -0.3 is 37.6 Å². The second-order valence-electron chi connectivity index (χ2n) is 19.7. The van der Waals surface area contributed by atoms with Crippen LogP contribution < -0.4 is 22.7 Å². The Morgan fingerprint density at radius 2 is 1.06 bits per heavy atom. The van der Waals surface area contributed by atoms with Crippen LogP contribution in [0.5, 0.6) is 23.0 Å². The maximum absolute atomic E-state index is 12.3.